The Labute approximate surface area is 204 Å². The molecule has 1 amide bonds. The number of hydrogen-bond acceptors (Lipinski definition) is 6. The van der Waals surface area contributed by atoms with Crippen molar-refractivity contribution in [2.45, 2.75) is 77.9 Å². The van der Waals surface area contributed by atoms with E-state index >= 15 is 4.39 Å². The summed E-state index contributed by atoms with van der Waals surface area (Å²) in [5, 5.41) is 2.88. The van der Waals surface area contributed by atoms with E-state index in [2.05, 4.69) is 5.32 Å². The minimum atomic E-state index is -0.688. The van der Waals surface area contributed by atoms with E-state index in [0.29, 0.717) is 37.1 Å². The lowest BCUT2D eigenvalue weighted by atomic mass is 9.99. The van der Waals surface area contributed by atoms with Gasteiger partial charge in [0.1, 0.15) is 11.2 Å². The van der Waals surface area contributed by atoms with E-state index < -0.39 is 29.0 Å². The summed E-state index contributed by atoms with van der Waals surface area (Å²) >= 11 is 0. The number of halogens is 1. The first-order chi connectivity index (χ1) is 16.5. The minimum absolute atomic E-state index is 0.0664. The molecule has 1 aliphatic carbocycles. The van der Waals surface area contributed by atoms with E-state index in [9.17, 15) is 14.4 Å². The Morgan fingerprint density at radius 1 is 1.20 bits per heavy atom. The quantitative estimate of drug-likeness (QED) is 0.616. The van der Waals surface area contributed by atoms with Crippen molar-refractivity contribution in [3.8, 4) is 0 Å². The number of carbonyl (C=O) groups excluding carboxylic acids is 2. The lowest BCUT2D eigenvalue weighted by Crippen LogP contribution is -2.40. The molecule has 1 saturated carbocycles. The molecule has 190 valence electrons. The Balaban J connectivity index is 1.74. The molecule has 0 spiro atoms. The summed E-state index contributed by atoms with van der Waals surface area (Å²) in [7, 11) is 0. The molecule has 2 aromatic heterocycles. The van der Waals surface area contributed by atoms with E-state index in [-0.39, 0.29) is 24.1 Å². The molecule has 4 rings (SSSR count). The predicted octanol–water partition coefficient (Wildman–Crippen LogP) is 4.16. The van der Waals surface area contributed by atoms with Gasteiger partial charge in [-0.2, -0.15) is 0 Å². The fourth-order valence-corrected chi connectivity index (χ4v) is 4.82. The van der Waals surface area contributed by atoms with Crippen LogP contribution >= 0.6 is 0 Å². The lowest BCUT2D eigenvalue weighted by molar-refractivity contribution is 0.0503. The van der Waals surface area contributed by atoms with Crippen molar-refractivity contribution in [2.24, 2.45) is 0 Å². The number of hydrogen-bond donors (Lipinski definition) is 1. The number of aryl methyl sites for hydroxylation is 1. The highest BCUT2D eigenvalue weighted by Crippen LogP contribution is 2.44. The molecule has 0 radical (unpaired) electrons. The molecule has 3 heterocycles. The van der Waals surface area contributed by atoms with Gasteiger partial charge in [-0.05, 0) is 70.9 Å². The molecular weight excluding hydrogens is 453 g/mol. The maximum Gasteiger partial charge on any atom is 0.407 e. The number of nitrogens with one attached hydrogen (secondary N) is 1. The van der Waals surface area contributed by atoms with Gasteiger partial charge in [0.25, 0.3) is 5.56 Å². The van der Waals surface area contributed by atoms with Gasteiger partial charge in [0.15, 0.2) is 5.82 Å². The third-order valence-electron chi connectivity index (χ3n) is 6.40. The SMILES string of the molecule is CCOC(=O)c1cc(C2CC2)c2c(CC)c(N3CCC(NC(=O)OC(C)(C)C)C3)c(F)cn2c1=O. The highest BCUT2D eigenvalue weighted by Gasteiger charge is 2.33. The van der Waals surface area contributed by atoms with Gasteiger partial charge in [-0.1, -0.05) is 6.92 Å². The van der Waals surface area contributed by atoms with Gasteiger partial charge >= 0.3 is 12.1 Å². The number of fused-ring (bicyclic) bond motifs is 1. The van der Waals surface area contributed by atoms with Crippen molar-refractivity contribution < 1.29 is 23.5 Å². The van der Waals surface area contributed by atoms with Crippen LogP contribution in [0.2, 0.25) is 0 Å². The molecule has 2 aliphatic rings. The molecule has 1 saturated heterocycles. The van der Waals surface area contributed by atoms with Crippen molar-refractivity contribution in [3.05, 3.63) is 45.1 Å². The first-order valence-corrected chi connectivity index (χ1v) is 12.4. The largest absolute Gasteiger partial charge is 0.462 e. The van der Waals surface area contributed by atoms with Crippen LogP contribution in [0.25, 0.3) is 5.52 Å². The van der Waals surface area contributed by atoms with Crippen LogP contribution in [0, 0.1) is 5.82 Å². The fraction of sp³-hybridized carbons (Fsp3) is 0.577. The second-order valence-electron chi connectivity index (χ2n) is 10.3. The zero-order valence-electron chi connectivity index (χ0n) is 21.1. The van der Waals surface area contributed by atoms with Crippen molar-refractivity contribution in [1.29, 1.82) is 0 Å². The molecule has 1 atom stereocenters. The molecule has 0 bridgehead atoms. The van der Waals surface area contributed by atoms with Gasteiger partial charge in [-0.25, -0.2) is 14.0 Å². The van der Waals surface area contributed by atoms with E-state index in [1.807, 2.05) is 11.8 Å². The number of alkyl carbamates (subject to hydrolysis) is 1. The highest BCUT2D eigenvalue weighted by atomic mass is 19.1. The van der Waals surface area contributed by atoms with Crippen LogP contribution in [0.5, 0.6) is 0 Å². The number of nitrogens with zero attached hydrogens (tertiary/aromatic N) is 2. The van der Waals surface area contributed by atoms with Gasteiger partial charge in [0.05, 0.1) is 30.0 Å². The number of carbonyl (C=O) groups is 2. The Bertz CT molecular complexity index is 1210. The number of amides is 1. The second-order valence-corrected chi connectivity index (χ2v) is 10.3. The Morgan fingerprint density at radius 3 is 2.51 bits per heavy atom. The van der Waals surface area contributed by atoms with Crippen LogP contribution in [0.1, 0.15) is 81.3 Å². The van der Waals surface area contributed by atoms with Gasteiger partial charge in [0.2, 0.25) is 0 Å². The van der Waals surface area contributed by atoms with E-state index in [0.717, 1.165) is 24.0 Å². The molecule has 1 unspecified atom stereocenters. The molecule has 2 fully saturated rings. The molecule has 9 heteroatoms. The molecule has 8 nitrogen and oxygen atoms in total. The lowest BCUT2D eigenvalue weighted by Gasteiger charge is -2.26. The van der Waals surface area contributed by atoms with Gasteiger partial charge < -0.3 is 19.7 Å². The Hall–Kier alpha value is -3.10. The third kappa shape index (κ3) is 5.13. The summed E-state index contributed by atoms with van der Waals surface area (Å²) in [4.78, 5) is 39.8. The molecule has 1 aliphatic heterocycles. The van der Waals surface area contributed by atoms with Crippen LogP contribution in [0.15, 0.2) is 17.1 Å². The maximum absolute atomic E-state index is 15.6. The number of pyridine rings is 2. The van der Waals surface area contributed by atoms with Crippen molar-refractivity contribution >= 4 is 23.3 Å². The van der Waals surface area contributed by atoms with E-state index in [4.69, 9.17) is 9.47 Å². The zero-order valence-corrected chi connectivity index (χ0v) is 21.1. The number of rotatable bonds is 6. The minimum Gasteiger partial charge on any atom is -0.462 e. The Morgan fingerprint density at radius 2 is 1.91 bits per heavy atom. The van der Waals surface area contributed by atoms with E-state index in [1.165, 1.54) is 10.6 Å². The van der Waals surface area contributed by atoms with Crippen LogP contribution in [-0.4, -0.2) is 47.8 Å². The molecule has 0 aromatic carbocycles. The summed E-state index contributed by atoms with van der Waals surface area (Å²) in [6.45, 7) is 10.2. The van der Waals surface area contributed by atoms with Crippen LogP contribution in [-0.2, 0) is 15.9 Å². The summed E-state index contributed by atoms with van der Waals surface area (Å²) in [6.07, 6.45) is 3.77. The van der Waals surface area contributed by atoms with Crippen molar-refractivity contribution in [3.63, 3.8) is 0 Å². The predicted molar refractivity (Wildman–Crippen MR) is 131 cm³/mol. The van der Waals surface area contributed by atoms with E-state index in [1.54, 1.807) is 33.8 Å². The summed E-state index contributed by atoms with van der Waals surface area (Å²) in [6, 6.07) is 1.46. The highest BCUT2D eigenvalue weighted by molar-refractivity contribution is 5.90. The normalized spacial score (nSPS) is 18.1. The van der Waals surface area contributed by atoms with Gasteiger partial charge in [-0.15, -0.1) is 0 Å². The number of anilines is 1. The standard InChI is InChI=1S/C26H34FN3O5/c1-6-17-21-18(15-8-9-15)12-19(24(32)34-7-2)23(31)30(21)14-20(27)22(17)29-11-10-16(13-29)28-25(33)35-26(3,4)5/h12,14-16H,6-11,13H2,1-5H3,(H,28,33). The molecule has 35 heavy (non-hydrogen) atoms. The Kier molecular flexibility index (Phi) is 6.79. The molecule has 2 aromatic rings. The van der Waals surface area contributed by atoms with Crippen LogP contribution in [0.4, 0.5) is 14.9 Å². The smallest absolute Gasteiger partial charge is 0.407 e. The summed E-state index contributed by atoms with van der Waals surface area (Å²) < 4.78 is 27.3. The first-order valence-electron chi connectivity index (χ1n) is 12.4. The number of ether oxygens (including phenoxy) is 2. The number of aromatic nitrogens is 1. The first kappa shape index (κ1) is 25.0. The zero-order chi connectivity index (χ0) is 25.5. The van der Waals surface area contributed by atoms with Crippen molar-refractivity contribution in [2.75, 3.05) is 24.6 Å². The topological polar surface area (TPSA) is 89.3 Å². The van der Waals surface area contributed by atoms with Gasteiger partial charge in [0, 0.05) is 18.7 Å². The summed E-state index contributed by atoms with van der Waals surface area (Å²) in [5.41, 5.74) is 1.50. The monoisotopic (exact) mass is 487 g/mol. The average molecular weight is 488 g/mol. The second kappa shape index (κ2) is 9.51. The molecule has 1 N–H and O–H groups in total. The van der Waals surface area contributed by atoms with Crippen LogP contribution < -0.4 is 15.8 Å². The van der Waals surface area contributed by atoms with Crippen molar-refractivity contribution in [1.82, 2.24) is 9.72 Å². The maximum atomic E-state index is 15.6. The fourth-order valence-electron chi connectivity index (χ4n) is 4.82. The number of esters is 1. The third-order valence-corrected chi connectivity index (χ3v) is 6.40. The summed E-state index contributed by atoms with van der Waals surface area (Å²) in [5.74, 6) is -0.994. The molecular formula is C26H34FN3O5. The van der Waals surface area contributed by atoms with Crippen LogP contribution in [0.3, 0.4) is 0 Å². The average Bonchev–Trinajstić information content (AvgIpc) is 3.51. The van der Waals surface area contributed by atoms with Gasteiger partial charge in [-0.3, -0.25) is 9.20 Å².